The van der Waals surface area contributed by atoms with Crippen molar-refractivity contribution >= 4 is 17.4 Å². The third-order valence-corrected chi connectivity index (χ3v) is 2.54. The Balaban J connectivity index is 2.28. The number of nitrogens with one attached hydrogen (secondary N) is 1. The monoisotopic (exact) mass is 231 g/mol. The number of benzene rings is 1. The molecule has 2 rings (SSSR count). The number of aromatic nitrogens is 1. The summed E-state index contributed by atoms with van der Waals surface area (Å²) in [6.45, 7) is 3.77. The molecule has 0 aliphatic carbocycles. The Morgan fingerprint density at radius 3 is 2.76 bits per heavy atom. The highest BCUT2D eigenvalue weighted by atomic mass is 16.5. The Labute approximate surface area is 98.6 Å². The van der Waals surface area contributed by atoms with E-state index >= 15 is 0 Å². The predicted octanol–water partition coefficient (Wildman–Crippen LogP) is 2.13. The van der Waals surface area contributed by atoms with Crippen LogP contribution in [0.15, 0.2) is 29.0 Å². The minimum absolute atomic E-state index is 0.247. The summed E-state index contributed by atoms with van der Waals surface area (Å²) < 4.78 is 4.63. The van der Waals surface area contributed by atoms with Crippen LogP contribution in [0.5, 0.6) is 0 Å². The van der Waals surface area contributed by atoms with Crippen molar-refractivity contribution in [1.29, 1.82) is 0 Å². The highest BCUT2D eigenvalue weighted by Gasteiger charge is 2.12. The fourth-order valence-electron chi connectivity index (χ4n) is 1.57. The Bertz CT molecular complexity index is 547. The predicted molar refractivity (Wildman–Crippen MR) is 64.8 cm³/mol. The van der Waals surface area contributed by atoms with Gasteiger partial charge in [-0.1, -0.05) is 11.2 Å². The molecular formula is C12H13N3O2. The second kappa shape index (κ2) is 4.29. The van der Waals surface area contributed by atoms with Crippen molar-refractivity contribution in [3.63, 3.8) is 0 Å². The zero-order chi connectivity index (χ0) is 12.4. The average Bonchev–Trinajstić information content (AvgIpc) is 2.76. The molecule has 0 bridgehead atoms. The maximum Gasteiger partial charge on any atom is 0.257 e. The second-order valence-electron chi connectivity index (χ2n) is 3.86. The van der Waals surface area contributed by atoms with Gasteiger partial charge in [0.1, 0.15) is 6.26 Å². The van der Waals surface area contributed by atoms with Gasteiger partial charge < -0.3 is 15.6 Å². The van der Waals surface area contributed by atoms with Crippen LogP contribution in [0.4, 0.5) is 11.5 Å². The van der Waals surface area contributed by atoms with Gasteiger partial charge in [0.15, 0.2) is 5.82 Å². The zero-order valence-electron chi connectivity index (χ0n) is 9.65. The Morgan fingerprint density at radius 1 is 1.35 bits per heavy atom. The van der Waals surface area contributed by atoms with Crippen molar-refractivity contribution in [2.24, 2.45) is 0 Å². The molecular weight excluding hydrogens is 218 g/mol. The normalized spacial score (nSPS) is 10.2. The van der Waals surface area contributed by atoms with Crippen LogP contribution in [0.2, 0.25) is 0 Å². The van der Waals surface area contributed by atoms with E-state index in [2.05, 4.69) is 15.0 Å². The lowest BCUT2D eigenvalue weighted by Crippen LogP contribution is -2.14. The first kappa shape index (κ1) is 11.2. The van der Waals surface area contributed by atoms with Crippen LogP contribution in [0.25, 0.3) is 0 Å². The van der Waals surface area contributed by atoms with Crippen LogP contribution in [0, 0.1) is 13.8 Å². The molecule has 1 aromatic carbocycles. The fraction of sp³-hybridized carbons (Fsp3) is 0.167. The molecule has 17 heavy (non-hydrogen) atoms. The maximum absolute atomic E-state index is 11.9. The van der Waals surface area contributed by atoms with Crippen LogP contribution in [-0.4, -0.2) is 11.1 Å². The van der Waals surface area contributed by atoms with Gasteiger partial charge in [-0.3, -0.25) is 4.79 Å². The molecule has 0 aliphatic rings. The van der Waals surface area contributed by atoms with Crippen LogP contribution in [0.3, 0.4) is 0 Å². The van der Waals surface area contributed by atoms with E-state index in [4.69, 9.17) is 5.73 Å². The minimum atomic E-state index is -0.247. The molecule has 0 spiro atoms. The number of nitrogens with zero attached hydrogens (tertiary/aromatic N) is 1. The van der Waals surface area contributed by atoms with Gasteiger partial charge >= 0.3 is 0 Å². The standard InChI is InChI=1S/C12H13N3O2/c1-7-5-8(2)10(13)6-9(7)12(16)14-11-3-4-17-15-11/h3-6H,13H2,1-2H3,(H,14,15,16). The number of nitrogens with two attached hydrogens (primary N) is 1. The lowest BCUT2D eigenvalue weighted by molar-refractivity contribution is 0.102. The third kappa shape index (κ3) is 2.28. The molecule has 5 nitrogen and oxygen atoms in total. The zero-order valence-corrected chi connectivity index (χ0v) is 9.65. The first-order valence-corrected chi connectivity index (χ1v) is 5.16. The quantitative estimate of drug-likeness (QED) is 0.776. The average molecular weight is 231 g/mol. The third-order valence-electron chi connectivity index (χ3n) is 2.54. The number of carbonyl (C=O) groups is 1. The number of aryl methyl sites for hydroxylation is 2. The lowest BCUT2D eigenvalue weighted by atomic mass is 10.0. The largest absolute Gasteiger partial charge is 0.398 e. The smallest absolute Gasteiger partial charge is 0.257 e. The molecule has 0 radical (unpaired) electrons. The molecule has 0 unspecified atom stereocenters. The number of rotatable bonds is 2. The van der Waals surface area contributed by atoms with Gasteiger partial charge in [-0.05, 0) is 31.0 Å². The molecule has 1 aromatic heterocycles. The topological polar surface area (TPSA) is 81.2 Å². The molecule has 5 heteroatoms. The van der Waals surface area contributed by atoms with Crippen molar-refractivity contribution in [2.45, 2.75) is 13.8 Å². The summed E-state index contributed by atoms with van der Waals surface area (Å²) in [7, 11) is 0. The van der Waals surface area contributed by atoms with E-state index in [-0.39, 0.29) is 5.91 Å². The molecule has 0 saturated carbocycles. The number of hydrogen-bond donors (Lipinski definition) is 2. The number of anilines is 2. The Morgan fingerprint density at radius 2 is 2.12 bits per heavy atom. The summed E-state index contributed by atoms with van der Waals surface area (Å²) >= 11 is 0. The van der Waals surface area contributed by atoms with E-state index in [0.717, 1.165) is 11.1 Å². The van der Waals surface area contributed by atoms with Crippen LogP contribution < -0.4 is 11.1 Å². The van der Waals surface area contributed by atoms with Crippen LogP contribution in [-0.2, 0) is 0 Å². The molecule has 0 saturated heterocycles. The van der Waals surface area contributed by atoms with E-state index in [1.807, 2.05) is 19.9 Å². The van der Waals surface area contributed by atoms with Gasteiger partial charge in [0.25, 0.3) is 5.91 Å². The molecule has 0 aliphatic heterocycles. The van der Waals surface area contributed by atoms with Crippen molar-refractivity contribution in [3.8, 4) is 0 Å². The van der Waals surface area contributed by atoms with Crippen molar-refractivity contribution in [3.05, 3.63) is 41.2 Å². The first-order valence-electron chi connectivity index (χ1n) is 5.16. The molecule has 2 aromatic rings. The number of carbonyl (C=O) groups excluding carboxylic acids is 1. The number of nitrogen functional groups attached to an aromatic ring is 1. The van der Waals surface area contributed by atoms with E-state index in [1.54, 1.807) is 12.1 Å². The molecule has 1 amide bonds. The summed E-state index contributed by atoms with van der Waals surface area (Å²) in [5.74, 6) is 0.136. The Hall–Kier alpha value is -2.30. The van der Waals surface area contributed by atoms with Crippen LogP contribution >= 0.6 is 0 Å². The molecule has 3 N–H and O–H groups in total. The molecule has 0 atom stereocenters. The van der Waals surface area contributed by atoms with Crippen molar-refractivity contribution < 1.29 is 9.32 Å². The Kier molecular flexibility index (Phi) is 2.82. The molecule has 1 heterocycles. The number of hydrogen-bond acceptors (Lipinski definition) is 4. The summed E-state index contributed by atoms with van der Waals surface area (Å²) in [4.78, 5) is 11.9. The van der Waals surface area contributed by atoms with Gasteiger partial charge in [-0.15, -0.1) is 0 Å². The molecule has 88 valence electrons. The molecule has 0 fully saturated rings. The van der Waals surface area contributed by atoms with Crippen LogP contribution in [0.1, 0.15) is 21.5 Å². The van der Waals surface area contributed by atoms with Gasteiger partial charge in [-0.2, -0.15) is 0 Å². The van der Waals surface area contributed by atoms with E-state index < -0.39 is 0 Å². The summed E-state index contributed by atoms with van der Waals surface area (Å²) in [6, 6.07) is 5.12. The lowest BCUT2D eigenvalue weighted by Gasteiger charge is -2.08. The summed E-state index contributed by atoms with van der Waals surface area (Å²) in [5.41, 5.74) is 8.75. The van der Waals surface area contributed by atoms with Crippen molar-refractivity contribution in [2.75, 3.05) is 11.1 Å². The van der Waals surface area contributed by atoms with Crippen molar-refractivity contribution in [1.82, 2.24) is 5.16 Å². The first-order chi connectivity index (χ1) is 8.08. The highest BCUT2D eigenvalue weighted by molar-refractivity contribution is 6.05. The van der Waals surface area contributed by atoms with Gasteiger partial charge in [0.2, 0.25) is 0 Å². The second-order valence-corrected chi connectivity index (χ2v) is 3.86. The fourth-order valence-corrected chi connectivity index (χ4v) is 1.57. The minimum Gasteiger partial charge on any atom is -0.398 e. The summed E-state index contributed by atoms with van der Waals surface area (Å²) in [6.07, 6.45) is 1.39. The number of amides is 1. The maximum atomic E-state index is 11.9. The summed E-state index contributed by atoms with van der Waals surface area (Å²) in [5, 5.41) is 6.24. The van der Waals surface area contributed by atoms with Gasteiger partial charge in [0, 0.05) is 17.3 Å². The van der Waals surface area contributed by atoms with E-state index in [0.29, 0.717) is 17.1 Å². The SMILES string of the molecule is Cc1cc(C)c(C(=O)Nc2ccon2)cc1N. The van der Waals surface area contributed by atoms with E-state index in [9.17, 15) is 4.79 Å². The highest BCUT2D eigenvalue weighted by Crippen LogP contribution is 2.18. The van der Waals surface area contributed by atoms with Gasteiger partial charge in [-0.25, -0.2) is 0 Å². The van der Waals surface area contributed by atoms with Gasteiger partial charge in [0.05, 0.1) is 0 Å². The van der Waals surface area contributed by atoms with E-state index in [1.165, 1.54) is 6.26 Å².